The zero-order valence-corrected chi connectivity index (χ0v) is 31.4. The summed E-state index contributed by atoms with van der Waals surface area (Å²) in [4.78, 5) is 0. The number of aromatic hydroxyl groups is 2. The second-order valence-corrected chi connectivity index (χ2v) is 17.6. The molecule has 0 saturated heterocycles. The minimum Gasteiger partial charge on any atom is -0.505 e. The zero-order valence-electron chi connectivity index (χ0n) is 31.4. The van der Waals surface area contributed by atoms with Gasteiger partial charge in [0.15, 0.2) is 0 Å². The lowest BCUT2D eigenvalue weighted by atomic mass is 9.71. The molecule has 4 aromatic carbocycles. The molecule has 262 valence electrons. The quantitative estimate of drug-likeness (QED) is 0.108. The van der Waals surface area contributed by atoms with Crippen LogP contribution >= 0.6 is 0 Å². The van der Waals surface area contributed by atoms with E-state index in [0.717, 1.165) is 52.2 Å². The number of hydrogen-bond acceptors (Lipinski definition) is 7. The van der Waals surface area contributed by atoms with E-state index in [-0.39, 0.29) is 33.2 Å². The summed E-state index contributed by atoms with van der Waals surface area (Å²) in [6.45, 7) is 22.7. The first-order valence-electron chi connectivity index (χ1n) is 17.4. The van der Waals surface area contributed by atoms with Crippen molar-refractivity contribution in [3.63, 3.8) is 0 Å². The van der Waals surface area contributed by atoms with Crippen LogP contribution in [0.5, 0.6) is 11.5 Å². The van der Waals surface area contributed by atoms with Gasteiger partial charge in [-0.15, -0.1) is 0 Å². The molecule has 4 aromatic rings. The van der Waals surface area contributed by atoms with Gasteiger partial charge in [-0.3, -0.25) is 21.3 Å². The SMILES string of the molecule is CN(Nc1ccccc1)c1cc(C(C)(C)CC(C)(C)C)cc(Cc2cc(C(C)(C)CC(C)(C)C)cc(N3Nc4ccccc4N3)c2O)c1O. The van der Waals surface area contributed by atoms with E-state index >= 15 is 0 Å². The summed E-state index contributed by atoms with van der Waals surface area (Å²) in [7, 11) is 1.93. The lowest BCUT2D eigenvalue weighted by Gasteiger charge is -2.35. The van der Waals surface area contributed by atoms with E-state index in [4.69, 9.17) is 0 Å². The van der Waals surface area contributed by atoms with Gasteiger partial charge in [-0.2, -0.15) is 5.12 Å². The van der Waals surface area contributed by atoms with Crippen LogP contribution < -0.4 is 26.4 Å². The lowest BCUT2D eigenvalue weighted by Crippen LogP contribution is -2.31. The Morgan fingerprint density at radius 2 is 1.10 bits per heavy atom. The first-order chi connectivity index (χ1) is 22.7. The Labute approximate surface area is 294 Å². The summed E-state index contributed by atoms with van der Waals surface area (Å²) in [5, 5.41) is 27.7. The van der Waals surface area contributed by atoms with Crippen LogP contribution in [0.1, 0.15) is 104 Å². The van der Waals surface area contributed by atoms with E-state index in [0.29, 0.717) is 17.8 Å². The summed E-state index contributed by atoms with van der Waals surface area (Å²) in [6.07, 6.45) is 2.25. The molecular weight excluding hydrogens is 606 g/mol. The highest BCUT2D eigenvalue weighted by Gasteiger charge is 2.33. The van der Waals surface area contributed by atoms with Crippen LogP contribution in [-0.2, 0) is 17.3 Å². The molecule has 0 fully saturated rings. The number of phenolic OH excluding ortho intramolecular Hbond substituents is 2. The van der Waals surface area contributed by atoms with Gasteiger partial charge in [0.2, 0.25) is 0 Å². The van der Waals surface area contributed by atoms with Crippen LogP contribution in [0.15, 0.2) is 78.9 Å². The van der Waals surface area contributed by atoms with Crippen molar-refractivity contribution in [1.82, 2.24) is 0 Å². The Morgan fingerprint density at radius 3 is 1.61 bits per heavy atom. The molecule has 1 aliphatic heterocycles. The maximum atomic E-state index is 12.0. The second kappa shape index (κ2) is 13.1. The topological polar surface area (TPSA) is 83.0 Å². The molecule has 7 nitrogen and oxygen atoms in total. The number of para-hydroxylation sites is 3. The number of anilines is 5. The highest BCUT2D eigenvalue weighted by molar-refractivity contribution is 5.81. The molecule has 1 heterocycles. The van der Waals surface area contributed by atoms with Crippen LogP contribution in [0.25, 0.3) is 0 Å². The molecule has 0 unspecified atom stereocenters. The van der Waals surface area contributed by atoms with Crippen molar-refractivity contribution in [1.29, 1.82) is 0 Å². The van der Waals surface area contributed by atoms with Crippen molar-refractivity contribution in [2.45, 2.75) is 99.3 Å². The number of nitrogens with zero attached hydrogens (tertiary/aromatic N) is 2. The van der Waals surface area contributed by atoms with Crippen molar-refractivity contribution in [3.8, 4) is 11.5 Å². The summed E-state index contributed by atoms with van der Waals surface area (Å²) < 4.78 is 0. The van der Waals surface area contributed by atoms with E-state index in [1.807, 2.05) is 66.7 Å². The van der Waals surface area contributed by atoms with Crippen LogP contribution in [-0.4, -0.2) is 17.3 Å². The van der Waals surface area contributed by atoms with Gasteiger partial charge in [0.05, 0.1) is 22.7 Å². The Bertz CT molecular complexity index is 1760. The van der Waals surface area contributed by atoms with Crippen LogP contribution in [0.3, 0.4) is 0 Å². The third-order valence-electron chi connectivity index (χ3n) is 9.29. The van der Waals surface area contributed by atoms with Gasteiger partial charge in [-0.05, 0) is 82.0 Å². The Hall–Kier alpha value is -4.52. The monoisotopic (exact) mass is 663 g/mol. The lowest BCUT2D eigenvalue weighted by molar-refractivity contribution is 0.283. The van der Waals surface area contributed by atoms with Gasteiger partial charge in [-0.25, -0.2) is 0 Å². The van der Waals surface area contributed by atoms with Crippen molar-refractivity contribution >= 4 is 28.4 Å². The second-order valence-electron chi connectivity index (χ2n) is 17.6. The number of rotatable bonds is 10. The van der Waals surface area contributed by atoms with E-state index in [9.17, 15) is 10.2 Å². The molecule has 5 N–H and O–H groups in total. The van der Waals surface area contributed by atoms with E-state index in [1.54, 1.807) is 5.12 Å². The average molecular weight is 664 g/mol. The summed E-state index contributed by atoms with van der Waals surface area (Å²) >= 11 is 0. The van der Waals surface area contributed by atoms with E-state index in [1.165, 1.54) is 0 Å². The van der Waals surface area contributed by atoms with Gasteiger partial charge < -0.3 is 10.2 Å². The highest BCUT2D eigenvalue weighted by Crippen LogP contribution is 2.46. The van der Waals surface area contributed by atoms with Gasteiger partial charge in [0.1, 0.15) is 17.2 Å². The molecule has 0 amide bonds. The minimum absolute atomic E-state index is 0.0958. The fourth-order valence-electron chi connectivity index (χ4n) is 7.73. The number of phenols is 2. The summed E-state index contributed by atoms with van der Waals surface area (Å²) in [5.41, 5.74) is 18.0. The Balaban J connectivity index is 1.64. The third-order valence-corrected chi connectivity index (χ3v) is 9.29. The molecule has 1 aliphatic rings. The zero-order chi connectivity index (χ0) is 35.9. The Kier molecular flexibility index (Phi) is 9.54. The molecule has 7 heteroatoms. The maximum absolute atomic E-state index is 12.0. The average Bonchev–Trinajstić information content (AvgIpc) is 3.41. The largest absolute Gasteiger partial charge is 0.505 e. The molecule has 0 spiro atoms. The summed E-state index contributed by atoms with van der Waals surface area (Å²) in [5.74, 6) is 0.352. The van der Waals surface area contributed by atoms with Crippen LogP contribution in [0.2, 0.25) is 0 Å². The van der Waals surface area contributed by atoms with Gasteiger partial charge in [-0.1, -0.05) is 112 Å². The molecule has 0 aromatic heterocycles. The van der Waals surface area contributed by atoms with Crippen LogP contribution in [0, 0.1) is 10.8 Å². The molecule has 0 saturated carbocycles. The first-order valence-corrected chi connectivity index (χ1v) is 17.4. The standard InChI is InChI=1S/C42H57N5O2/c1-39(2,3)26-41(7,8)30-22-28(37(48)35(24-30)46(11)43-32-17-13-12-14-18-32)21-29-23-31(42(9,10)27-40(4,5)6)25-36(38(29)49)47-44-33-19-15-16-20-34(33)45-47/h12-20,22-25,43-45,48-49H,21,26-27H2,1-11H3. The fraction of sp³-hybridized carbons (Fsp3) is 0.429. The highest BCUT2D eigenvalue weighted by atomic mass is 16.3. The predicted octanol–water partition coefficient (Wildman–Crippen LogP) is 10.8. The third kappa shape index (κ3) is 8.38. The van der Waals surface area contributed by atoms with Crippen molar-refractivity contribution < 1.29 is 10.2 Å². The number of hydrogen-bond donors (Lipinski definition) is 5. The van der Waals surface area contributed by atoms with Gasteiger partial charge >= 0.3 is 0 Å². The Morgan fingerprint density at radius 1 is 0.633 bits per heavy atom. The van der Waals surface area contributed by atoms with E-state index < -0.39 is 0 Å². The van der Waals surface area contributed by atoms with Crippen molar-refractivity contribution in [2.24, 2.45) is 10.8 Å². The predicted molar refractivity (Wildman–Crippen MR) is 208 cm³/mol. The van der Waals surface area contributed by atoms with Crippen molar-refractivity contribution in [3.05, 3.63) is 101 Å². The molecule has 0 radical (unpaired) electrons. The summed E-state index contributed by atoms with van der Waals surface area (Å²) in [6, 6.07) is 26.4. The van der Waals surface area contributed by atoms with Gasteiger partial charge in [0.25, 0.3) is 0 Å². The van der Waals surface area contributed by atoms with Crippen LogP contribution in [0.4, 0.5) is 28.4 Å². The normalized spacial score (nSPS) is 13.5. The number of benzene rings is 4. The molecule has 5 rings (SSSR count). The molecule has 0 aliphatic carbocycles. The molecule has 0 bridgehead atoms. The molecule has 49 heavy (non-hydrogen) atoms. The first kappa shape index (κ1) is 35.8. The fourth-order valence-corrected chi connectivity index (χ4v) is 7.73. The van der Waals surface area contributed by atoms with E-state index in [2.05, 4.69) is 110 Å². The number of hydrazine groups is 3. The molecular formula is C42H57N5O2. The maximum Gasteiger partial charge on any atom is 0.146 e. The van der Waals surface area contributed by atoms with Gasteiger partial charge in [0, 0.05) is 24.6 Å². The number of fused-ring (bicyclic) bond motifs is 1. The number of nitrogens with one attached hydrogen (secondary N) is 3. The van der Waals surface area contributed by atoms with Crippen molar-refractivity contribution in [2.75, 3.05) is 33.5 Å². The molecule has 0 atom stereocenters. The smallest absolute Gasteiger partial charge is 0.146 e. The minimum atomic E-state index is -0.189.